The van der Waals surface area contributed by atoms with Gasteiger partial charge in [-0.1, -0.05) is 47.1 Å². The molecule has 118 valence electrons. The van der Waals surface area contributed by atoms with E-state index in [0.29, 0.717) is 16.3 Å². The molecule has 0 saturated heterocycles. The summed E-state index contributed by atoms with van der Waals surface area (Å²) in [5.41, 5.74) is 1.93. The minimum atomic E-state index is -3.75. The van der Waals surface area contributed by atoms with E-state index in [-0.39, 0.29) is 10.8 Å². The van der Waals surface area contributed by atoms with Gasteiger partial charge in [-0.2, -0.15) is 0 Å². The molecule has 0 saturated carbocycles. The summed E-state index contributed by atoms with van der Waals surface area (Å²) in [5, 5.41) is 4.45. The van der Waals surface area contributed by atoms with Crippen LogP contribution in [0.4, 0.5) is 5.88 Å². The van der Waals surface area contributed by atoms with Crippen molar-refractivity contribution >= 4 is 27.5 Å². The van der Waals surface area contributed by atoms with Crippen LogP contribution in [0.5, 0.6) is 0 Å². The molecular formula is C16H13ClN2O3S. The lowest BCUT2D eigenvalue weighted by Crippen LogP contribution is -2.12. The van der Waals surface area contributed by atoms with E-state index < -0.39 is 10.0 Å². The zero-order valence-electron chi connectivity index (χ0n) is 12.2. The van der Waals surface area contributed by atoms with Gasteiger partial charge in [0, 0.05) is 5.02 Å². The molecule has 2 aromatic carbocycles. The van der Waals surface area contributed by atoms with Gasteiger partial charge < -0.3 is 4.52 Å². The van der Waals surface area contributed by atoms with Crippen LogP contribution in [0.25, 0.3) is 11.1 Å². The maximum absolute atomic E-state index is 12.4. The van der Waals surface area contributed by atoms with Crippen molar-refractivity contribution in [3.8, 4) is 11.1 Å². The van der Waals surface area contributed by atoms with Crippen molar-refractivity contribution < 1.29 is 12.9 Å². The highest BCUT2D eigenvalue weighted by Gasteiger charge is 2.21. The first kappa shape index (κ1) is 15.6. The van der Waals surface area contributed by atoms with Crippen LogP contribution in [0.1, 0.15) is 5.69 Å². The number of aryl methyl sites for hydroxylation is 1. The standard InChI is InChI=1S/C16H13ClN2O3S/c1-11-15(12-7-9-13(17)10-8-12)16(22-18-11)19-23(20,21)14-5-3-2-4-6-14/h2-10,19H,1H3. The van der Waals surface area contributed by atoms with Crippen LogP contribution in [0.15, 0.2) is 64.0 Å². The summed E-state index contributed by atoms with van der Waals surface area (Å²) in [6, 6.07) is 15.1. The van der Waals surface area contributed by atoms with Crippen molar-refractivity contribution in [3.63, 3.8) is 0 Å². The Morgan fingerprint density at radius 1 is 1.04 bits per heavy atom. The van der Waals surface area contributed by atoms with Gasteiger partial charge in [0.05, 0.1) is 16.2 Å². The van der Waals surface area contributed by atoms with E-state index in [1.807, 2.05) is 0 Å². The molecular weight excluding hydrogens is 336 g/mol. The average Bonchev–Trinajstić information content (AvgIpc) is 2.89. The predicted octanol–water partition coefficient (Wildman–Crippen LogP) is 4.10. The number of rotatable bonds is 4. The van der Waals surface area contributed by atoms with Gasteiger partial charge in [-0.05, 0) is 36.8 Å². The highest BCUT2D eigenvalue weighted by Crippen LogP contribution is 2.33. The molecule has 1 heterocycles. The van der Waals surface area contributed by atoms with Crippen LogP contribution in [0, 0.1) is 6.92 Å². The van der Waals surface area contributed by atoms with Gasteiger partial charge in [-0.3, -0.25) is 0 Å². The number of hydrogen-bond donors (Lipinski definition) is 1. The lowest BCUT2D eigenvalue weighted by atomic mass is 10.1. The minimum Gasteiger partial charge on any atom is -0.337 e. The van der Waals surface area contributed by atoms with Gasteiger partial charge in [-0.25, -0.2) is 13.1 Å². The van der Waals surface area contributed by atoms with E-state index >= 15 is 0 Å². The molecule has 3 aromatic rings. The van der Waals surface area contributed by atoms with E-state index in [4.69, 9.17) is 16.1 Å². The zero-order chi connectivity index (χ0) is 16.4. The maximum Gasteiger partial charge on any atom is 0.264 e. The Labute approximate surface area is 138 Å². The van der Waals surface area contributed by atoms with Crippen molar-refractivity contribution in [2.24, 2.45) is 0 Å². The summed E-state index contributed by atoms with van der Waals surface area (Å²) in [6.07, 6.45) is 0. The fourth-order valence-corrected chi connectivity index (χ4v) is 3.32. The molecule has 23 heavy (non-hydrogen) atoms. The van der Waals surface area contributed by atoms with Crippen molar-refractivity contribution in [2.75, 3.05) is 4.72 Å². The smallest absolute Gasteiger partial charge is 0.264 e. The molecule has 0 spiro atoms. The van der Waals surface area contributed by atoms with Gasteiger partial charge in [0.15, 0.2) is 0 Å². The molecule has 3 rings (SSSR count). The Hall–Kier alpha value is -2.31. The number of aromatic nitrogens is 1. The Bertz CT molecular complexity index is 920. The van der Waals surface area contributed by atoms with E-state index in [0.717, 1.165) is 5.56 Å². The van der Waals surface area contributed by atoms with Crippen molar-refractivity contribution in [1.29, 1.82) is 0 Å². The molecule has 0 amide bonds. The number of anilines is 1. The van der Waals surface area contributed by atoms with E-state index in [2.05, 4.69) is 9.88 Å². The molecule has 0 unspecified atom stereocenters. The Morgan fingerprint density at radius 3 is 2.35 bits per heavy atom. The van der Waals surface area contributed by atoms with Crippen molar-refractivity contribution in [2.45, 2.75) is 11.8 Å². The summed E-state index contributed by atoms with van der Waals surface area (Å²) < 4.78 is 32.5. The van der Waals surface area contributed by atoms with Crippen molar-refractivity contribution in [1.82, 2.24) is 5.16 Å². The van der Waals surface area contributed by atoms with E-state index in [1.165, 1.54) is 12.1 Å². The third kappa shape index (κ3) is 3.23. The average molecular weight is 349 g/mol. The van der Waals surface area contributed by atoms with Crippen LogP contribution in [-0.2, 0) is 10.0 Å². The second kappa shape index (κ2) is 6.06. The number of benzene rings is 2. The first-order chi connectivity index (χ1) is 11.0. The number of sulfonamides is 1. The van der Waals surface area contributed by atoms with Crippen LogP contribution in [0.3, 0.4) is 0 Å². The zero-order valence-corrected chi connectivity index (χ0v) is 13.7. The second-order valence-corrected chi connectivity index (χ2v) is 7.02. The summed E-state index contributed by atoms with van der Waals surface area (Å²) >= 11 is 5.89. The molecule has 0 radical (unpaired) electrons. The number of hydrogen-bond acceptors (Lipinski definition) is 4. The lowest BCUT2D eigenvalue weighted by molar-refractivity contribution is 0.430. The molecule has 5 nitrogen and oxygen atoms in total. The molecule has 1 N–H and O–H groups in total. The quantitative estimate of drug-likeness (QED) is 0.770. The van der Waals surface area contributed by atoms with Crippen molar-refractivity contribution in [3.05, 3.63) is 65.3 Å². The summed E-state index contributed by atoms with van der Waals surface area (Å²) in [7, 11) is -3.75. The van der Waals surface area contributed by atoms with Gasteiger partial charge >= 0.3 is 0 Å². The molecule has 0 bridgehead atoms. The summed E-state index contributed by atoms with van der Waals surface area (Å²) in [5.74, 6) is 0.0775. The Kier molecular flexibility index (Phi) is 4.11. The molecule has 0 fully saturated rings. The minimum absolute atomic E-state index is 0.0775. The highest BCUT2D eigenvalue weighted by atomic mass is 35.5. The highest BCUT2D eigenvalue weighted by molar-refractivity contribution is 7.92. The van der Waals surface area contributed by atoms with Gasteiger partial charge in [0.2, 0.25) is 5.88 Å². The van der Waals surface area contributed by atoms with E-state index in [9.17, 15) is 8.42 Å². The van der Waals surface area contributed by atoms with Crippen LogP contribution < -0.4 is 4.72 Å². The van der Waals surface area contributed by atoms with Crippen LogP contribution in [0.2, 0.25) is 5.02 Å². The number of halogens is 1. The Balaban J connectivity index is 2.01. The van der Waals surface area contributed by atoms with E-state index in [1.54, 1.807) is 49.4 Å². The molecule has 1 aromatic heterocycles. The second-order valence-electron chi connectivity index (χ2n) is 4.90. The molecule has 7 heteroatoms. The normalized spacial score (nSPS) is 11.4. The monoisotopic (exact) mass is 348 g/mol. The first-order valence-corrected chi connectivity index (χ1v) is 8.63. The number of nitrogens with zero attached hydrogens (tertiary/aromatic N) is 1. The fourth-order valence-electron chi connectivity index (χ4n) is 2.18. The summed E-state index contributed by atoms with van der Waals surface area (Å²) in [6.45, 7) is 1.74. The fraction of sp³-hybridized carbons (Fsp3) is 0.0625. The van der Waals surface area contributed by atoms with Crippen LogP contribution in [-0.4, -0.2) is 13.6 Å². The third-order valence-corrected chi connectivity index (χ3v) is 4.88. The molecule has 0 aliphatic rings. The topological polar surface area (TPSA) is 72.2 Å². The third-order valence-electron chi connectivity index (χ3n) is 3.28. The predicted molar refractivity (Wildman–Crippen MR) is 88.9 cm³/mol. The number of nitrogens with one attached hydrogen (secondary N) is 1. The largest absolute Gasteiger partial charge is 0.337 e. The maximum atomic E-state index is 12.4. The van der Waals surface area contributed by atoms with Gasteiger partial charge in [0.25, 0.3) is 10.0 Å². The SMILES string of the molecule is Cc1noc(NS(=O)(=O)c2ccccc2)c1-c1ccc(Cl)cc1. The lowest BCUT2D eigenvalue weighted by Gasteiger charge is -2.07. The van der Waals surface area contributed by atoms with Crippen LogP contribution >= 0.6 is 11.6 Å². The van der Waals surface area contributed by atoms with Gasteiger partial charge in [0.1, 0.15) is 0 Å². The van der Waals surface area contributed by atoms with Gasteiger partial charge in [-0.15, -0.1) is 0 Å². The molecule has 0 aliphatic heterocycles. The molecule has 0 atom stereocenters. The molecule has 0 aliphatic carbocycles. The first-order valence-electron chi connectivity index (χ1n) is 6.77. The summed E-state index contributed by atoms with van der Waals surface area (Å²) in [4.78, 5) is 0.149. The Morgan fingerprint density at radius 2 is 1.70 bits per heavy atom.